The standard InChI is InChI=1S/C19H25N3O3/c1-24-11-9-22-8-7-15(14-22)13-20-19(23)21-17-5-2-4-16(12-17)18-6-3-10-25-18/h2-6,10,12,15H,7-9,11,13-14H2,1H3,(H2,20,21,23). The molecule has 0 bridgehead atoms. The summed E-state index contributed by atoms with van der Waals surface area (Å²) in [5.41, 5.74) is 1.69. The Morgan fingerprint density at radius 1 is 1.36 bits per heavy atom. The third-order valence-electron chi connectivity index (χ3n) is 4.46. The Bertz CT molecular complexity index is 672. The van der Waals surface area contributed by atoms with Gasteiger partial charge in [-0.15, -0.1) is 0 Å². The van der Waals surface area contributed by atoms with Crippen molar-refractivity contribution in [2.75, 3.05) is 45.2 Å². The Hall–Kier alpha value is -2.31. The molecule has 0 radical (unpaired) electrons. The largest absolute Gasteiger partial charge is 0.464 e. The summed E-state index contributed by atoms with van der Waals surface area (Å²) in [6, 6.07) is 11.2. The Morgan fingerprint density at radius 3 is 3.08 bits per heavy atom. The van der Waals surface area contributed by atoms with Crippen molar-refractivity contribution >= 4 is 11.7 Å². The molecule has 1 fully saturated rings. The van der Waals surface area contributed by atoms with Crippen LogP contribution < -0.4 is 10.6 Å². The molecular formula is C19H25N3O3. The van der Waals surface area contributed by atoms with Gasteiger partial charge in [-0.05, 0) is 43.1 Å². The SMILES string of the molecule is COCCN1CCC(CNC(=O)Nc2cccc(-c3ccco3)c2)C1. The summed E-state index contributed by atoms with van der Waals surface area (Å²) in [6.07, 6.45) is 2.75. The molecule has 1 saturated heterocycles. The average Bonchev–Trinajstić information content (AvgIpc) is 3.30. The molecule has 25 heavy (non-hydrogen) atoms. The van der Waals surface area contributed by atoms with E-state index in [-0.39, 0.29) is 6.03 Å². The highest BCUT2D eigenvalue weighted by atomic mass is 16.5. The van der Waals surface area contributed by atoms with E-state index in [0.29, 0.717) is 12.5 Å². The molecule has 1 aliphatic rings. The van der Waals surface area contributed by atoms with E-state index in [1.165, 1.54) is 0 Å². The van der Waals surface area contributed by atoms with E-state index in [2.05, 4.69) is 15.5 Å². The number of urea groups is 1. The maximum atomic E-state index is 12.1. The van der Waals surface area contributed by atoms with E-state index in [9.17, 15) is 4.79 Å². The zero-order chi connectivity index (χ0) is 17.5. The maximum absolute atomic E-state index is 12.1. The lowest BCUT2D eigenvalue weighted by atomic mass is 10.1. The van der Waals surface area contributed by atoms with Gasteiger partial charge in [0.1, 0.15) is 5.76 Å². The van der Waals surface area contributed by atoms with Gasteiger partial charge in [0.05, 0.1) is 12.9 Å². The molecule has 1 aromatic carbocycles. The minimum atomic E-state index is -0.174. The number of amides is 2. The van der Waals surface area contributed by atoms with Crippen LogP contribution in [0.15, 0.2) is 47.1 Å². The van der Waals surface area contributed by atoms with Crippen molar-refractivity contribution in [1.29, 1.82) is 0 Å². The normalized spacial score (nSPS) is 17.6. The first-order chi connectivity index (χ1) is 12.2. The minimum Gasteiger partial charge on any atom is -0.464 e. The number of likely N-dealkylation sites (tertiary alicyclic amines) is 1. The lowest BCUT2D eigenvalue weighted by Crippen LogP contribution is -2.34. The molecule has 6 heteroatoms. The van der Waals surface area contributed by atoms with E-state index in [1.54, 1.807) is 13.4 Å². The summed E-state index contributed by atoms with van der Waals surface area (Å²) in [6.45, 7) is 4.48. The Balaban J connectivity index is 1.45. The third kappa shape index (κ3) is 5.08. The summed E-state index contributed by atoms with van der Waals surface area (Å²) in [4.78, 5) is 14.5. The summed E-state index contributed by atoms with van der Waals surface area (Å²) in [5, 5.41) is 5.86. The van der Waals surface area contributed by atoms with Crippen molar-refractivity contribution in [3.8, 4) is 11.3 Å². The van der Waals surface area contributed by atoms with Gasteiger partial charge in [0.25, 0.3) is 0 Å². The smallest absolute Gasteiger partial charge is 0.319 e. The molecule has 2 heterocycles. The van der Waals surface area contributed by atoms with Crippen molar-refractivity contribution in [2.45, 2.75) is 6.42 Å². The number of hydrogen-bond donors (Lipinski definition) is 2. The number of rotatable bonds is 7. The van der Waals surface area contributed by atoms with Gasteiger partial charge in [-0.2, -0.15) is 0 Å². The fourth-order valence-corrected chi connectivity index (χ4v) is 3.11. The molecule has 3 rings (SSSR count). The van der Waals surface area contributed by atoms with Crippen LogP contribution in [-0.4, -0.2) is 50.8 Å². The molecule has 2 N–H and O–H groups in total. The van der Waals surface area contributed by atoms with E-state index >= 15 is 0 Å². The molecule has 2 aromatic rings. The van der Waals surface area contributed by atoms with Crippen LogP contribution in [0.1, 0.15) is 6.42 Å². The molecule has 2 amide bonds. The highest BCUT2D eigenvalue weighted by molar-refractivity contribution is 5.89. The van der Waals surface area contributed by atoms with Crippen LogP contribution in [0.5, 0.6) is 0 Å². The van der Waals surface area contributed by atoms with Gasteiger partial charge >= 0.3 is 6.03 Å². The number of anilines is 1. The van der Waals surface area contributed by atoms with Gasteiger partial charge in [-0.25, -0.2) is 4.79 Å². The molecule has 0 saturated carbocycles. The lowest BCUT2D eigenvalue weighted by molar-refractivity contribution is 0.159. The Morgan fingerprint density at radius 2 is 2.28 bits per heavy atom. The van der Waals surface area contributed by atoms with Crippen molar-refractivity contribution in [1.82, 2.24) is 10.2 Å². The van der Waals surface area contributed by atoms with E-state index in [0.717, 1.165) is 49.7 Å². The van der Waals surface area contributed by atoms with Crippen molar-refractivity contribution in [3.63, 3.8) is 0 Å². The lowest BCUT2D eigenvalue weighted by Gasteiger charge is -2.16. The average molecular weight is 343 g/mol. The van der Waals surface area contributed by atoms with Gasteiger partial charge in [-0.1, -0.05) is 12.1 Å². The number of hydrogen-bond acceptors (Lipinski definition) is 4. The Kier molecular flexibility index (Phi) is 6.09. The van der Waals surface area contributed by atoms with Crippen LogP contribution in [0.25, 0.3) is 11.3 Å². The van der Waals surface area contributed by atoms with Crippen LogP contribution in [0.3, 0.4) is 0 Å². The number of nitrogens with zero attached hydrogens (tertiary/aromatic N) is 1. The monoisotopic (exact) mass is 343 g/mol. The van der Waals surface area contributed by atoms with Gasteiger partial charge in [0.15, 0.2) is 0 Å². The van der Waals surface area contributed by atoms with E-state index in [1.807, 2.05) is 36.4 Å². The van der Waals surface area contributed by atoms with Crippen molar-refractivity contribution < 1.29 is 13.9 Å². The fourth-order valence-electron chi connectivity index (χ4n) is 3.11. The summed E-state index contributed by atoms with van der Waals surface area (Å²) < 4.78 is 10.5. The molecule has 0 spiro atoms. The fraction of sp³-hybridized carbons (Fsp3) is 0.421. The zero-order valence-electron chi connectivity index (χ0n) is 14.5. The van der Waals surface area contributed by atoms with Crippen LogP contribution in [0.2, 0.25) is 0 Å². The van der Waals surface area contributed by atoms with Crippen molar-refractivity contribution in [2.24, 2.45) is 5.92 Å². The minimum absolute atomic E-state index is 0.174. The molecular weight excluding hydrogens is 318 g/mol. The summed E-state index contributed by atoms with van der Waals surface area (Å²) in [5.74, 6) is 1.28. The molecule has 134 valence electrons. The van der Waals surface area contributed by atoms with Crippen LogP contribution in [0, 0.1) is 5.92 Å². The number of methoxy groups -OCH3 is 1. The van der Waals surface area contributed by atoms with Crippen LogP contribution >= 0.6 is 0 Å². The molecule has 1 aliphatic heterocycles. The number of carbonyl (C=O) groups is 1. The quantitative estimate of drug-likeness (QED) is 0.811. The molecule has 0 aliphatic carbocycles. The third-order valence-corrected chi connectivity index (χ3v) is 4.46. The van der Waals surface area contributed by atoms with Gasteiger partial charge in [-0.3, -0.25) is 0 Å². The highest BCUT2D eigenvalue weighted by Crippen LogP contribution is 2.23. The van der Waals surface area contributed by atoms with Crippen LogP contribution in [0.4, 0.5) is 10.5 Å². The zero-order valence-corrected chi connectivity index (χ0v) is 14.5. The second-order valence-electron chi connectivity index (χ2n) is 6.34. The van der Waals surface area contributed by atoms with E-state index < -0.39 is 0 Å². The molecule has 6 nitrogen and oxygen atoms in total. The predicted octanol–water partition coefficient (Wildman–Crippen LogP) is 3.04. The number of nitrogens with one attached hydrogen (secondary N) is 2. The number of benzene rings is 1. The van der Waals surface area contributed by atoms with Gasteiger partial charge in [0, 0.05) is 38.0 Å². The first kappa shape index (κ1) is 17.5. The number of carbonyl (C=O) groups excluding carboxylic acids is 1. The highest BCUT2D eigenvalue weighted by Gasteiger charge is 2.22. The number of furan rings is 1. The topological polar surface area (TPSA) is 66.7 Å². The van der Waals surface area contributed by atoms with Crippen LogP contribution in [-0.2, 0) is 4.74 Å². The molecule has 1 aromatic heterocycles. The molecule has 1 atom stereocenters. The second kappa shape index (κ2) is 8.69. The summed E-state index contributed by atoms with van der Waals surface area (Å²) in [7, 11) is 1.72. The first-order valence-electron chi connectivity index (χ1n) is 8.64. The predicted molar refractivity (Wildman–Crippen MR) is 97.6 cm³/mol. The van der Waals surface area contributed by atoms with Gasteiger partial charge < -0.3 is 24.7 Å². The van der Waals surface area contributed by atoms with Gasteiger partial charge in [0.2, 0.25) is 0 Å². The van der Waals surface area contributed by atoms with E-state index in [4.69, 9.17) is 9.15 Å². The number of ether oxygens (including phenoxy) is 1. The first-order valence-corrected chi connectivity index (χ1v) is 8.64. The maximum Gasteiger partial charge on any atom is 0.319 e. The second-order valence-corrected chi connectivity index (χ2v) is 6.34. The molecule has 1 unspecified atom stereocenters. The summed E-state index contributed by atoms with van der Waals surface area (Å²) >= 11 is 0. The Labute approximate surface area is 148 Å². The van der Waals surface area contributed by atoms with Crippen molar-refractivity contribution in [3.05, 3.63) is 42.7 Å².